The molecular formula is C11H17N3O2. The van der Waals surface area contributed by atoms with Crippen molar-refractivity contribution >= 4 is 11.6 Å². The van der Waals surface area contributed by atoms with Crippen LogP contribution in [0.4, 0.5) is 5.69 Å². The number of hydrogen-bond acceptors (Lipinski definition) is 3. The zero-order valence-corrected chi connectivity index (χ0v) is 9.64. The lowest BCUT2D eigenvalue weighted by molar-refractivity contribution is -0.130. The van der Waals surface area contributed by atoms with Crippen LogP contribution in [0.2, 0.25) is 0 Å². The Morgan fingerprint density at radius 1 is 1.50 bits per heavy atom. The van der Waals surface area contributed by atoms with Crippen molar-refractivity contribution < 1.29 is 4.79 Å². The van der Waals surface area contributed by atoms with Gasteiger partial charge in [-0.25, -0.2) is 0 Å². The quantitative estimate of drug-likeness (QED) is 0.798. The number of nitrogens with zero attached hydrogens (tertiary/aromatic N) is 2. The largest absolute Gasteiger partial charge is 0.398 e. The molecule has 0 bridgehead atoms. The van der Waals surface area contributed by atoms with E-state index in [0.29, 0.717) is 12.2 Å². The summed E-state index contributed by atoms with van der Waals surface area (Å²) in [5.41, 5.74) is 5.82. The number of anilines is 1. The minimum Gasteiger partial charge on any atom is -0.398 e. The summed E-state index contributed by atoms with van der Waals surface area (Å²) in [6, 6.07) is 2.89. The Kier molecular flexibility index (Phi) is 4.10. The average Bonchev–Trinajstić information content (AvgIpc) is 2.23. The van der Waals surface area contributed by atoms with Crippen molar-refractivity contribution in [3.63, 3.8) is 0 Å². The second-order valence-corrected chi connectivity index (χ2v) is 3.74. The van der Waals surface area contributed by atoms with E-state index in [1.165, 1.54) is 22.9 Å². The molecule has 1 aromatic heterocycles. The van der Waals surface area contributed by atoms with Crippen LogP contribution in [0.3, 0.4) is 0 Å². The van der Waals surface area contributed by atoms with E-state index >= 15 is 0 Å². The van der Waals surface area contributed by atoms with Gasteiger partial charge in [0, 0.05) is 31.5 Å². The number of hydrogen-bond donors (Lipinski definition) is 1. The van der Waals surface area contributed by atoms with Crippen LogP contribution in [-0.4, -0.2) is 29.0 Å². The molecule has 1 amide bonds. The molecule has 0 saturated heterocycles. The topological polar surface area (TPSA) is 68.3 Å². The zero-order chi connectivity index (χ0) is 12.1. The van der Waals surface area contributed by atoms with Crippen molar-refractivity contribution in [1.82, 2.24) is 9.47 Å². The lowest BCUT2D eigenvalue weighted by Crippen LogP contribution is -2.34. The molecule has 2 N–H and O–H groups in total. The van der Waals surface area contributed by atoms with Crippen molar-refractivity contribution in [3.8, 4) is 0 Å². The average molecular weight is 223 g/mol. The third-order valence-corrected chi connectivity index (χ3v) is 2.30. The van der Waals surface area contributed by atoms with Crippen LogP contribution in [0.25, 0.3) is 0 Å². The van der Waals surface area contributed by atoms with Crippen LogP contribution >= 0.6 is 0 Å². The van der Waals surface area contributed by atoms with Gasteiger partial charge in [-0.05, 0) is 12.5 Å². The molecule has 0 radical (unpaired) electrons. The number of nitrogen functional groups attached to an aromatic ring is 1. The summed E-state index contributed by atoms with van der Waals surface area (Å²) in [5, 5.41) is 0. The van der Waals surface area contributed by atoms with Gasteiger partial charge < -0.3 is 15.2 Å². The fraction of sp³-hybridized carbons (Fsp3) is 0.455. The van der Waals surface area contributed by atoms with E-state index in [-0.39, 0.29) is 18.0 Å². The molecule has 0 spiro atoms. The maximum absolute atomic E-state index is 11.7. The highest BCUT2D eigenvalue weighted by Gasteiger charge is 2.09. The Labute approximate surface area is 94.5 Å². The molecule has 0 saturated carbocycles. The second kappa shape index (κ2) is 5.34. The number of rotatable bonds is 4. The van der Waals surface area contributed by atoms with Crippen LogP contribution in [-0.2, 0) is 11.3 Å². The molecule has 88 valence electrons. The van der Waals surface area contributed by atoms with Crippen LogP contribution in [0.5, 0.6) is 0 Å². The fourth-order valence-electron chi connectivity index (χ4n) is 1.40. The number of carbonyl (C=O) groups is 1. The number of likely N-dealkylation sites (N-methyl/N-ethyl adjacent to an activating group) is 1. The maximum atomic E-state index is 11.7. The minimum absolute atomic E-state index is 0.0420. The van der Waals surface area contributed by atoms with Crippen LogP contribution in [0, 0.1) is 0 Å². The minimum atomic E-state index is -0.215. The molecule has 1 heterocycles. The van der Waals surface area contributed by atoms with Gasteiger partial charge in [0.2, 0.25) is 5.91 Å². The van der Waals surface area contributed by atoms with Crippen LogP contribution in [0.15, 0.2) is 23.1 Å². The Morgan fingerprint density at radius 2 is 2.19 bits per heavy atom. The number of amides is 1. The van der Waals surface area contributed by atoms with E-state index in [4.69, 9.17) is 5.73 Å². The summed E-state index contributed by atoms with van der Waals surface area (Å²) in [7, 11) is 1.73. The van der Waals surface area contributed by atoms with Gasteiger partial charge in [-0.3, -0.25) is 9.59 Å². The highest BCUT2D eigenvalue weighted by Crippen LogP contribution is 1.97. The molecule has 0 aliphatic heterocycles. The molecule has 0 aromatic carbocycles. The standard InChI is InChI=1S/C11H17N3O2/c1-3-6-13(2)11(16)8-14-7-9(12)4-5-10(14)15/h4-5,7H,3,6,8,12H2,1-2H3. The number of nitrogens with two attached hydrogens (primary N) is 1. The maximum Gasteiger partial charge on any atom is 0.251 e. The van der Waals surface area contributed by atoms with E-state index in [9.17, 15) is 9.59 Å². The van der Waals surface area contributed by atoms with Gasteiger partial charge in [-0.2, -0.15) is 0 Å². The molecular weight excluding hydrogens is 206 g/mol. The normalized spacial score (nSPS) is 10.1. The van der Waals surface area contributed by atoms with E-state index in [1.54, 1.807) is 11.9 Å². The predicted molar refractivity (Wildman–Crippen MR) is 63.0 cm³/mol. The first kappa shape index (κ1) is 12.3. The highest BCUT2D eigenvalue weighted by atomic mass is 16.2. The zero-order valence-electron chi connectivity index (χ0n) is 9.64. The van der Waals surface area contributed by atoms with E-state index in [2.05, 4.69) is 0 Å². The van der Waals surface area contributed by atoms with E-state index in [1.807, 2.05) is 6.92 Å². The van der Waals surface area contributed by atoms with Gasteiger partial charge in [0.1, 0.15) is 6.54 Å². The number of pyridine rings is 1. The fourth-order valence-corrected chi connectivity index (χ4v) is 1.40. The lowest BCUT2D eigenvalue weighted by Gasteiger charge is -2.16. The summed E-state index contributed by atoms with van der Waals surface area (Å²) in [6.07, 6.45) is 2.38. The number of carbonyl (C=O) groups excluding carboxylic acids is 1. The third kappa shape index (κ3) is 3.12. The molecule has 16 heavy (non-hydrogen) atoms. The summed E-state index contributed by atoms with van der Waals surface area (Å²) in [4.78, 5) is 24.7. The molecule has 5 nitrogen and oxygen atoms in total. The molecule has 0 atom stereocenters. The monoisotopic (exact) mass is 223 g/mol. The van der Waals surface area contributed by atoms with Crippen molar-refractivity contribution in [2.45, 2.75) is 19.9 Å². The first-order valence-corrected chi connectivity index (χ1v) is 5.24. The van der Waals surface area contributed by atoms with Gasteiger partial charge in [-0.1, -0.05) is 6.92 Å². The SMILES string of the molecule is CCCN(C)C(=O)Cn1cc(N)ccc1=O. The Morgan fingerprint density at radius 3 is 2.81 bits per heavy atom. The molecule has 0 aliphatic rings. The predicted octanol–water partition coefficient (Wildman–Crippen LogP) is 0.299. The van der Waals surface area contributed by atoms with E-state index in [0.717, 1.165) is 6.42 Å². The smallest absolute Gasteiger partial charge is 0.251 e. The molecule has 0 fully saturated rings. The van der Waals surface area contributed by atoms with Gasteiger partial charge in [-0.15, -0.1) is 0 Å². The molecule has 0 aliphatic carbocycles. The van der Waals surface area contributed by atoms with Crippen molar-refractivity contribution in [2.75, 3.05) is 19.3 Å². The van der Waals surface area contributed by atoms with E-state index < -0.39 is 0 Å². The molecule has 1 aromatic rings. The Bertz CT molecular complexity index is 425. The van der Waals surface area contributed by atoms with Crippen molar-refractivity contribution in [2.24, 2.45) is 0 Å². The van der Waals surface area contributed by atoms with Crippen molar-refractivity contribution in [3.05, 3.63) is 28.7 Å². The Hall–Kier alpha value is -1.78. The first-order chi connectivity index (χ1) is 7.54. The molecule has 0 unspecified atom stereocenters. The van der Waals surface area contributed by atoms with Crippen LogP contribution < -0.4 is 11.3 Å². The third-order valence-electron chi connectivity index (χ3n) is 2.30. The highest BCUT2D eigenvalue weighted by molar-refractivity contribution is 5.75. The van der Waals surface area contributed by atoms with Gasteiger partial charge in [0.05, 0.1) is 0 Å². The Balaban J connectivity index is 2.76. The summed E-state index contributed by atoms with van der Waals surface area (Å²) < 4.78 is 1.32. The first-order valence-electron chi connectivity index (χ1n) is 5.24. The molecule has 5 heteroatoms. The van der Waals surface area contributed by atoms with Crippen LogP contribution in [0.1, 0.15) is 13.3 Å². The van der Waals surface area contributed by atoms with Gasteiger partial charge >= 0.3 is 0 Å². The summed E-state index contributed by atoms with van der Waals surface area (Å²) in [5.74, 6) is -0.0884. The lowest BCUT2D eigenvalue weighted by atomic mass is 10.4. The molecule has 1 rings (SSSR count). The van der Waals surface area contributed by atoms with Gasteiger partial charge in [0.15, 0.2) is 0 Å². The summed E-state index contributed by atoms with van der Waals surface area (Å²) >= 11 is 0. The summed E-state index contributed by atoms with van der Waals surface area (Å²) in [6.45, 7) is 2.73. The van der Waals surface area contributed by atoms with Crippen molar-refractivity contribution in [1.29, 1.82) is 0 Å². The van der Waals surface area contributed by atoms with Gasteiger partial charge in [0.25, 0.3) is 5.56 Å². The number of aromatic nitrogens is 1. The second-order valence-electron chi connectivity index (χ2n) is 3.74.